The van der Waals surface area contributed by atoms with Gasteiger partial charge in [0.2, 0.25) is 0 Å². The van der Waals surface area contributed by atoms with E-state index in [1.165, 1.54) is 13.1 Å². The molecule has 0 bridgehead atoms. The largest absolute Gasteiger partial charge is 0.507 e. The molecule has 3 aromatic heterocycles. The fraction of sp³-hybridized carbons (Fsp3) is 0.350. The number of halogens is 3. The van der Waals surface area contributed by atoms with Gasteiger partial charge >= 0.3 is 6.18 Å². The highest BCUT2D eigenvalue weighted by molar-refractivity contribution is 5.77. The summed E-state index contributed by atoms with van der Waals surface area (Å²) in [5.74, 6) is -0.496. The summed E-state index contributed by atoms with van der Waals surface area (Å²) in [6.07, 6.45) is 1.09. The maximum Gasteiger partial charge on any atom is 0.416 e. The lowest BCUT2D eigenvalue weighted by Crippen LogP contribution is -2.20. The molecule has 1 unspecified atom stereocenters. The molecule has 0 aliphatic heterocycles. The molecule has 3 heterocycles. The highest BCUT2D eigenvalue weighted by Gasteiger charge is 2.32. The van der Waals surface area contributed by atoms with Gasteiger partial charge in [-0.05, 0) is 37.5 Å². The van der Waals surface area contributed by atoms with Gasteiger partial charge in [-0.2, -0.15) is 18.3 Å². The molecule has 11 heteroatoms. The molecule has 160 valence electrons. The smallest absolute Gasteiger partial charge is 0.416 e. The van der Waals surface area contributed by atoms with Crippen LogP contribution in [0.2, 0.25) is 0 Å². The van der Waals surface area contributed by atoms with Crippen LogP contribution in [0.1, 0.15) is 35.0 Å². The standard InChI is InChI=1S/C20H18F3N7O/c1-10-5-11(20(21,22)23)6-17(31)18(10)14-8-24-15-9-30(27-19(15)25-14)12-3-4-13-16(7-12)29(2)28-26-13/h5-6,8-9,12,31H,3-4,7H2,1-2H3. The van der Waals surface area contributed by atoms with Crippen molar-refractivity contribution in [3.8, 4) is 17.0 Å². The van der Waals surface area contributed by atoms with Crippen molar-refractivity contribution in [3.05, 3.63) is 47.0 Å². The van der Waals surface area contributed by atoms with E-state index in [4.69, 9.17) is 0 Å². The predicted molar refractivity (Wildman–Crippen MR) is 104 cm³/mol. The van der Waals surface area contributed by atoms with Gasteiger partial charge in [0, 0.05) is 19.0 Å². The number of fused-ring (bicyclic) bond motifs is 2. The van der Waals surface area contributed by atoms with Crippen LogP contribution in [-0.2, 0) is 26.1 Å². The van der Waals surface area contributed by atoms with E-state index < -0.39 is 17.5 Å². The molecule has 1 aliphatic carbocycles. The van der Waals surface area contributed by atoms with Crippen LogP contribution in [0.15, 0.2) is 24.5 Å². The van der Waals surface area contributed by atoms with Gasteiger partial charge in [0.15, 0.2) is 5.65 Å². The number of hydrogen-bond donors (Lipinski definition) is 1. The second-order valence-electron chi connectivity index (χ2n) is 7.76. The van der Waals surface area contributed by atoms with Crippen molar-refractivity contribution >= 4 is 11.2 Å². The van der Waals surface area contributed by atoms with Gasteiger partial charge in [0.05, 0.1) is 41.1 Å². The van der Waals surface area contributed by atoms with Crippen LogP contribution in [0, 0.1) is 6.92 Å². The summed E-state index contributed by atoms with van der Waals surface area (Å²) in [6, 6.07) is 1.79. The number of phenolic OH excluding ortho intramolecular Hbond substituents is 1. The van der Waals surface area contributed by atoms with E-state index in [-0.39, 0.29) is 22.9 Å². The first-order valence-corrected chi connectivity index (χ1v) is 9.71. The highest BCUT2D eigenvalue weighted by Crippen LogP contribution is 2.38. The summed E-state index contributed by atoms with van der Waals surface area (Å²) in [6.45, 7) is 1.50. The summed E-state index contributed by atoms with van der Waals surface area (Å²) >= 11 is 0. The normalized spacial score (nSPS) is 16.6. The number of aromatic nitrogens is 7. The van der Waals surface area contributed by atoms with Gasteiger partial charge in [-0.25, -0.2) is 9.97 Å². The molecular formula is C20H18F3N7O. The Kier molecular flexibility index (Phi) is 4.24. The van der Waals surface area contributed by atoms with Crippen molar-refractivity contribution < 1.29 is 18.3 Å². The van der Waals surface area contributed by atoms with Crippen molar-refractivity contribution in [1.82, 2.24) is 34.7 Å². The lowest BCUT2D eigenvalue weighted by atomic mass is 9.96. The fourth-order valence-corrected chi connectivity index (χ4v) is 4.11. The van der Waals surface area contributed by atoms with E-state index in [0.29, 0.717) is 17.2 Å². The molecule has 4 aromatic rings. The third-order valence-electron chi connectivity index (χ3n) is 5.69. The summed E-state index contributed by atoms with van der Waals surface area (Å²) in [5, 5.41) is 23.1. The maximum atomic E-state index is 13.0. The van der Waals surface area contributed by atoms with Crippen LogP contribution in [0.4, 0.5) is 13.2 Å². The Labute approximate surface area is 174 Å². The van der Waals surface area contributed by atoms with Crippen molar-refractivity contribution in [1.29, 1.82) is 0 Å². The fourth-order valence-electron chi connectivity index (χ4n) is 4.11. The van der Waals surface area contributed by atoms with Crippen LogP contribution in [-0.4, -0.2) is 39.8 Å². The second-order valence-corrected chi connectivity index (χ2v) is 7.76. The Morgan fingerprint density at radius 3 is 2.77 bits per heavy atom. The zero-order valence-corrected chi connectivity index (χ0v) is 16.7. The zero-order chi connectivity index (χ0) is 21.9. The molecule has 0 fully saturated rings. The third kappa shape index (κ3) is 3.29. The van der Waals surface area contributed by atoms with Gasteiger partial charge in [-0.1, -0.05) is 5.21 Å². The van der Waals surface area contributed by atoms with Crippen LogP contribution in [0.25, 0.3) is 22.4 Å². The summed E-state index contributed by atoms with van der Waals surface area (Å²) in [4.78, 5) is 8.83. The number of benzene rings is 1. The second kappa shape index (κ2) is 6.76. The minimum absolute atomic E-state index is 0.102. The van der Waals surface area contributed by atoms with Crippen LogP contribution >= 0.6 is 0 Å². The minimum atomic E-state index is -4.54. The molecule has 8 nitrogen and oxygen atoms in total. The average Bonchev–Trinajstić information content (AvgIpc) is 3.30. The van der Waals surface area contributed by atoms with E-state index in [9.17, 15) is 18.3 Å². The molecule has 1 aromatic carbocycles. The number of alkyl halides is 3. The molecule has 0 saturated heterocycles. The lowest BCUT2D eigenvalue weighted by molar-refractivity contribution is -0.137. The summed E-state index contributed by atoms with van der Waals surface area (Å²) in [7, 11) is 1.86. The Morgan fingerprint density at radius 1 is 1.23 bits per heavy atom. The van der Waals surface area contributed by atoms with Gasteiger partial charge in [0.25, 0.3) is 0 Å². The first kappa shape index (κ1) is 19.5. The first-order valence-electron chi connectivity index (χ1n) is 9.71. The van der Waals surface area contributed by atoms with Gasteiger partial charge in [0.1, 0.15) is 11.3 Å². The van der Waals surface area contributed by atoms with E-state index >= 15 is 0 Å². The Morgan fingerprint density at radius 2 is 2.03 bits per heavy atom. The average molecular weight is 429 g/mol. The molecule has 5 rings (SSSR count). The Hall–Kier alpha value is -3.50. The van der Waals surface area contributed by atoms with Crippen LogP contribution in [0.5, 0.6) is 5.75 Å². The van der Waals surface area contributed by atoms with E-state index in [1.807, 2.05) is 17.9 Å². The maximum absolute atomic E-state index is 13.0. The monoisotopic (exact) mass is 429 g/mol. The molecule has 0 spiro atoms. The summed E-state index contributed by atoms with van der Waals surface area (Å²) < 4.78 is 42.6. The quantitative estimate of drug-likeness (QED) is 0.525. The molecule has 1 atom stereocenters. The molecule has 1 N–H and O–H groups in total. The first-order chi connectivity index (χ1) is 14.7. The summed E-state index contributed by atoms with van der Waals surface area (Å²) in [5.41, 5.74) is 2.83. The van der Waals surface area contributed by atoms with Gasteiger partial charge in [-0.15, -0.1) is 5.10 Å². The zero-order valence-electron chi connectivity index (χ0n) is 16.7. The van der Waals surface area contributed by atoms with Crippen molar-refractivity contribution in [3.63, 3.8) is 0 Å². The Bertz CT molecular complexity index is 1290. The third-order valence-corrected chi connectivity index (χ3v) is 5.69. The molecule has 0 amide bonds. The van der Waals surface area contributed by atoms with Gasteiger partial charge < -0.3 is 5.11 Å². The van der Waals surface area contributed by atoms with Gasteiger partial charge in [-0.3, -0.25) is 9.36 Å². The van der Waals surface area contributed by atoms with E-state index in [1.54, 1.807) is 4.68 Å². The van der Waals surface area contributed by atoms with Crippen molar-refractivity contribution in [2.45, 2.75) is 38.4 Å². The van der Waals surface area contributed by atoms with E-state index in [0.717, 1.165) is 36.7 Å². The highest BCUT2D eigenvalue weighted by atomic mass is 19.4. The molecular weight excluding hydrogens is 411 g/mol. The topological polar surface area (TPSA) is 94.5 Å². The Balaban J connectivity index is 1.50. The number of phenols is 1. The van der Waals surface area contributed by atoms with Crippen LogP contribution in [0.3, 0.4) is 0 Å². The number of rotatable bonds is 2. The molecule has 31 heavy (non-hydrogen) atoms. The number of aromatic hydroxyl groups is 1. The van der Waals surface area contributed by atoms with Crippen molar-refractivity contribution in [2.75, 3.05) is 0 Å². The minimum Gasteiger partial charge on any atom is -0.507 e. The number of nitrogens with zero attached hydrogens (tertiary/aromatic N) is 7. The molecule has 0 saturated carbocycles. The lowest BCUT2D eigenvalue weighted by Gasteiger charge is -2.21. The SMILES string of the molecule is Cc1cc(C(F)(F)F)cc(O)c1-c1cnc2cn(C3CCc4nnn(C)c4C3)nc2n1. The van der Waals surface area contributed by atoms with Crippen molar-refractivity contribution in [2.24, 2.45) is 7.05 Å². The molecule has 1 aliphatic rings. The molecule has 0 radical (unpaired) electrons. The number of hydrogen-bond acceptors (Lipinski definition) is 6. The predicted octanol–water partition coefficient (Wildman–Crippen LogP) is 3.38. The number of aryl methyl sites for hydroxylation is 3. The van der Waals surface area contributed by atoms with Crippen LogP contribution < -0.4 is 0 Å². The van der Waals surface area contributed by atoms with E-state index in [2.05, 4.69) is 25.4 Å².